The minimum absolute atomic E-state index is 0.325. The predicted molar refractivity (Wildman–Crippen MR) is 116 cm³/mol. The first-order chi connectivity index (χ1) is 14.0. The number of hydrogen-bond acceptors (Lipinski definition) is 5. The van der Waals surface area contributed by atoms with E-state index in [9.17, 15) is 9.50 Å². The highest BCUT2D eigenvalue weighted by molar-refractivity contribution is 6.30. The number of phenols is 1. The number of nitrogens with two attached hydrogens (primary N) is 1. The molecule has 0 radical (unpaired) electrons. The molecule has 0 saturated carbocycles. The molecular formula is C21H21BFN5O. The molecule has 2 aromatic heterocycles. The van der Waals surface area contributed by atoms with E-state index in [2.05, 4.69) is 20.3 Å². The van der Waals surface area contributed by atoms with E-state index in [0.717, 1.165) is 27.6 Å². The number of nitrogens with one attached hydrogen (secondary N) is 2. The fourth-order valence-corrected chi connectivity index (χ4v) is 3.44. The number of H-pyrrole nitrogens is 1. The van der Waals surface area contributed by atoms with Gasteiger partial charge in [-0.25, -0.2) is 14.4 Å². The minimum Gasteiger partial charge on any atom is -0.505 e. The molecule has 5 N–H and O–H groups in total. The van der Waals surface area contributed by atoms with Crippen molar-refractivity contribution in [2.45, 2.75) is 19.4 Å². The van der Waals surface area contributed by atoms with Crippen LogP contribution < -0.4 is 16.6 Å². The molecule has 2 aromatic carbocycles. The lowest BCUT2D eigenvalue weighted by Crippen LogP contribution is -2.17. The Morgan fingerprint density at radius 1 is 1.28 bits per heavy atom. The van der Waals surface area contributed by atoms with Crippen molar-refractivity contribution < 1.29 is 9.50 Å². The Morgan fingerprint density at radius 2 is 2.10 bits per heavy atom. The lowest BCUT2D eigenvalue weighted by Gasteiger charge is -2.21. The Kier molecular flexibility index (Phi) is 4.84. The molecule has 6 nitrogen and oxygen atoms in total. The number of phenolic OH excluding ortho intramolecular Hbond substituents is 1. The van der Waals surface area contributed by atoms with Crippen LogP contribution in [0.5, 0.6) is 5.75 Å². The van der Waals surface area contributed by atoms with Gasteiger partial charge >= 0.3 is 0 Å². The third-order valence-corrected chi connectivity index (χ3v) is 4.97. The first-order valence-electron chi connectivity index (χ1n) is 9.40. The van der Waals surface area contributed by atoms with Crippen LogP contribution in [-0.4, -0.2) is 27.9 Å². The highest BCUT2D eigenvalue weighted by Crippen LogP contribution is 2.33. The number of aromatic nitrogens is 3. The van der Waals surface area contributed by atoms with Crippen LogP contribution in [0.2, 0.25) is 0 Å². The maximum absolute atomic E-state index is 14.9. The highest BCUT2D eigenvalue weighted by atomic mass is 19.1. The van der Waals surface area contributed by atoms with E-state index in [1.807, 2.05) is 39.0 Å². The second kappa shape index (κ2) is 7.46. The van der Waals surface area contributed by atoms with Crippen LogP contribution in [0, 0.1) is 5.82 Å². The van der Waals surface area contributed by atoms with E-state index >= 15 is 0 Å². The number of fused-ring (bicyclic) bond motifs is 1. The Hall–Kier alpha value is -3.55. The van der Waals surface area contributed by atoms with Gasteiger partial charge in [0.1, 0.15) is 17.7 Å². The van der Waals surface area contributed by atoms with Crippen LogP contribution in [0.25, 0.3) is 10.8 Å². The lowest BCUT2D eigenvalue weighted by molar-refractivity contribution is 0.426. The average molecular weight is 389 g/mol. The number of anilines is 2. The van der Waals surface area contributed by atoms with Crippen LogP contribution in [0.15, 0.2) is 48.8 Å². The van der Waals surface area contributed by atoms with Gasteiger partial charge in [-0.1, -0.05) is 13.0 Å². The standard InChI is InChI=1S/C21H21BFN5O/c1-2-11-7-15(18(23)16(29)8-11)19(21-26-10-17(22)28-21)27-13-3-4-14-12(9-13)5-6-25-20(14)24/h3-10,19,27,29H,2,22H2,1H3,(H2,24,25)(H,26,28). The average Bonchev–Trinajstić information content (AvgIpc) is 3.14. The second-order valence-corrected chi connectivity index (χ2v) is 7.01. The van der Waals surface area contributed by atoms with E-state index < -0.39 is 11.9 Å². The number of hydrogen-bond donors (Lipinski definition) is 4. The monoisotopic (exact) mass is 389 g/mol. The molecule has 146 valence electrons. The molecule has 2 heterocycles. The predicted octanol–water partition coefficient (Wildman–Crippen LogP) is 2.41. The number of imidazole rings is 1. The van der Waals surface area contributed by atoms with E-state index in [1.54, 1.807) is 18.5 Å². The van der Waals surface area contributed by atoms with Gasteiger partial charge in [0.05, 0.1) is 0 Å². The van der Waals surface area contributed by atoms with E-state index in [0.29, 0.717) is 23.6 Å². The maximum Gasteiger partial charge on any atom is 0.170 e. The summed E-state index contributed by atoms with van der Waals surface area (Å²) < 4.78 is 14.9. The first-order valence-corrected chi connectivity index (χ1v) is 9.40. The quantitative estimate of drug-likeness (QED) is 0.393. The molecule has 1 atom stereocenters. The molecular weight excluding hydrogens is 368 g/mol. The summed E-state index contributed by atoms with van der Waals surface area (Å²) in [7, 11) is 1.86. The SMILES string of the molecule is Bc1c[nH]c(C(Nc2ccc3c(N)nccc3c2)c2cc(CC)cc(O)c2F)n1. The number of benzene rings is 2. The van der Waals surface area contributed by atoms with Crippen molar-refractivity contribution in [3.05, 3.63) is 71.6 Å². The molecule has 0 aliphatic rings. The number of halogens is 1. The van der Waals surface area contributed by atoms with Gasteiger partial charge in [-0.2, -0.15) is 0 Å². The van der Waals surface area contributed by atoms with Crippen LogP contribution in [0.1, 0.15) is 29.9 Å². The van der Waals surface area contributed by atoms with Crippen molar-refractivity contribution in [1.82, 2.24) is 15.0 Å². The van der Waals surface area contributed by atoms with E-state index in [4.69, 9.17) is 5.73 Å². The number of pyridine rings is 1. The first kappa shape index (κ1) is 18.8. The van der Waals surface area contributed by atoms with Crippen LogP contribution in [-0.2, 0) is 6.42 Å². The van der Waals surface area contributed by atoms with Crippen molar-refractivity contribution in [3.8, 4) is 5.75 Å². The molecule has 0 saturated heterocycles. The summed E-state index contributed by atoms with van der Waals surface area (Å²) in [6.07, 6.45) is 4.09. The number of nitrogens with zero attached hydrogens (tertiary/aromatic N) is 2. The molecule has 4 aromatic rings. The number of aromatic amines is 1. The minimum atomic E-state index is -0.664. The number of rotatable bonds is 5. The third-order valence-electron chi connectivity index (χ3n) is 4.97. The summed E-state index contributed by atoms with van der Waals surface area (Å²) in [5.41, 5.74) is 8.66. The van der Waals surface area contributed by atoms with Crippen molar-refractivity contribution in [2.24, 2.45) is 0 Å². The summed E-state index contributed by atoms with van der Waals surface area (Å²) >= 11 is 0. The van der Waals surface area contributed by atoms with Gasteiger partial charge < -0.3 is 21.1 Å². The summed E-state index contributed by atoms with van der Waals surface area (Å²) in [6, 6.07) is 10.1. The molecule has 1 unspecified atom stereocenters. The topological polar surface area (TPSA) is 99.9 Å². The zero-order chi connectivity index (χ0) is 20.5. The maximum atomic E-state index is 14.9. The van der Waals surface area contributed by atoms with E-state index in [1.165, 1.54) is 6.07 Å². The fraction of sp³-hybridized carbons (Fsp3) is 0.143. The lowest BCUT2D eigenvalue weighted by atomic mass is 9.99. The Balaban J connectivity index is 1.81. The fourth-order valence-electron chi connectivity index (χ4n) is 3.44. The summed E-state index contributed by atoms with van der Waals surface area (Å²) in [4.78, 5) is 11.7. The van der Waals surface area contributed by atoms with Gasteiger partial charge in [-0.3, -0.25) is 0 Å². The highest BCUT2D eigenvalue weighted by Gasteiger charge is 2.23. The molecule has 0 aliphatic heterocycles. The largest absolute Gasteiger partial charge is 0.505 e. The van der Waals surface area contributed by atoms with Gasteiger partial charge in [0, 0.05) is 34.6 Å². The molecule has 0 bridgehead atoms. The van der Waals surface area contributed by atoms with Crippen LogP contribution in [0.4, 0.5) is 15.9 Å². The number of aryl methyl sites for hydroxylation is 1. The van der Waals surface area contributed by atoms with Crippen molar-refractivity contribution >= 4 is 35.7 Å². The Labute approximate surface area is 168 Å². The van der Waals surface area contributed by atoms with Crippen LogP contribution >= 0.6 is 0 Å². The zero-order valence-electron chi connectivity index (χ0n) is 16.2. The molecule has 0 aliphatic carbocycles. The van der Waals surface area contributed by atoms with Crippen molar-refractivity contribution in [2.75, 3.05) is 11.1 Å². The molecule has 4 rings (SSSR count). The zero-order valence-corrected chi connectivity index (χ0v) is 16.2. The summed E-state index contributed by atoms with van der Waals surface area (Å²) in [5, 5.41) is 15.2. The van der Waals surface area contributed by atoms with Gasteiger partial charge in [0.15, 0.2) is 19.4 Å². The van der Waals surface area contributed by atoms with Crippen molar-refractivity contribution in [3.63, 3.8) is 0 Å². The molecule has 0 fully saturated rings. The summed E-state index contributed by atoms with van der Waals surface area (Å²) in [5.74, 6) is -0.0166. The van der Waals surface area contributed by atoms with Gasteiger partial charge in [0.25, 0.3) is 0 Å². The Morgan fingerprint density at radius 3 is 2.83 bits per heavy atom. The molecule has 29 heavy (non-hydrogen) atoms. The van der Waals surface area contributed by atoms with Gasteiger partial charge in [-0.05, 0) is 47.7 Å². The normalized spacial score (nSPS) is 12.2. The Bertz CT molecular complexity index is 1190. The molecule has 0 spiro atoms. The van der Waals surface area contributed by atoms with Crippen LogP contribution in [0.3, 0.4) is 0 Å². The van der Waals surface area contributed by atoms with E-state index in [-0.39, 0.29) is 5.75 Å². The van der Waals surface area contributed by atoms with Gasteiger partial charge in [0.2, 0.25) is 0 Å². The molecule has 8 heteroatoms. The smallest absolute Gasteiger partial charge is 0.170 e. The number of aromatic hydroxyl groups is 1. The van der Waals surface area contributed by atoms with Gasteiger partial charge in [-0.15, -0.1) is 0 Å². The summed E-state index contributed by atoms with van der Waals surface area (Å²) in [6.45, 7) is 1.96. The second-order valence-electron chi connectivity index (χ2n) is 7.01. The van der Waals surface area contributed by atoms with Crippen molar-refractivity contribution in [1.29, 1.82) is 0 Å². The number of nitrogen functional groups attached to an aromatic ring is 1. The third kappa shape index (κ3) is 3.61. The molecule has 0 amide bonds.